The van der Waals surface area contributed by atoms with Gasteiger partial charge in [-0.3, -0.25) is 9.59 Å². The second kappa shape index (κ2) is 6.68. The number of fused-ring (bicyclic) bond motifs is 1. The van der Waals surface area contributed by atoms with Gasteiger partial charge in [0.15, 0.2) is 11.5 Å². The maximum atomic E-state index is 11.8. The zero-order valence-corrected chi connectivity index (χ0v) is 13.3. The van der Waals surface area contributed by atoms with E-state index in [1.54, 1.807) is 19.1 Å². The van der Waals surface area contributed by atoms with Crippen molar-refractivity contribution in [2.24, 2.45) is 5.92 Å². The number of amides is 1. The Bertz CT molecular complexity index is 572. The first-order valence-corrected chi connectivity index (χ1v) is 7.12. The summed E-state index contributed by atoms with van der Waals surface area (Å²) in [4.78, 5) is 24.6. The second-order valence-electron chi connectivity index (χ2n) is 5.33. The molecule has 1 amide bonds. The summed E-state index contributed by atoms with van der Waals surface area (Å²) in [6, 6.07) is 5.35. The predicted molar refractivity (Wildman–Crippen MR) is 79.8 cm³/mol. The number of hydrogen-bond acceptors (Lipinski definition) is 5. The summed E-state index contributed by atoms with van der Waals surface area (Å²) in [5.74, 6) is 0.735. The molecule has 120 valence electrons. The number of para-hydroxylation sites is 1. The molecule has 1 aliphatic heterocycles. The normalized spacial score (nSPS) is 19.6. The van der Waals surface area contributed by atoms with Crippen molar-refractivity contribution in [3.63, 3.8) is 0 Å². The highest BCUT2D eigenvalue weighted by Crippen LogP contribution is 2.43. The zero-order valence-electron chi connectivity index (χ0n) is 13.3. The van der Waals surface area contributed by atoms with Gasteiger partial charge in [0.25, 0.3) is 0 Å². The van der Waals surface area contributed by atoms with Crippen LogP contribution in [0.15, 0.2) is 18.2 Å². The zero-order chi connectivity index (χ0) is 16.3. The number of carbonyl (C=O) groups is 2. The van der Waals surface area contributed by atoms with E-state index in [9.17, 15) is 9.59 Å². The van der Waals surface area contributed by atoms with Crippen LogP contribution in [0.3, 0.4) is 0 Å². The number of hydrogen-bond donors (Lipinski definition) is 0. The molecule has 0 fully saturated rings. The Morgan fingerprint density at radius 3 is 2.68 bits per heavy atom. The highest BCUT2D eigenvalue weighted by molar-refractivity contribution is 5.74. The lowest BCUT2D eigenvalue weighted by atomic mass is 9.89. The largest absolute Gasteiger partial charge is 0.493 e. The van der Waals surface area contributed by atoms with Crippen LogP contribution >= 0.6 is 0 Å². The number of methoxy groups -OCH3 is 1. The maximum Gasteiger partial charge on any atom is 0.302 e. The summed E-state index contributed by atoms with van der Waals surface area (Å²) in [6.07, 6.45) is 0. The minimum Gasteiger partial charge on any atom is -0.493 e. The summed E-state index contributed by atoms with van der Waals surface area (Å²) in [6.45, 7) is 3.43. The van der Waals surface area contributed by atoms with Crippen LogP contribution in [-0.2, 0) is 14.3 Å². The fourth-order valence-corrected chi connectivity index (χ4v) is 2.70. The molecule has 0 aromatic heterocycles. The Kier molecular flexibility index (Phi) is 4.90. The molecule has 0 bridgehead atoms. The van der Waals surface area contributed by atoms with Gasteiger partial charge in [0, 0.05) is 26.5 Å². The van der Waals surface area contributed by atoms with E-state index < -0.39 is 0 Å². The highest BCUT2D eigenvalue weighted by Gasteiger charge is 2.37. The molecule has 2 atom stereocenters. The van der Waals surface area contributed by atoms with E-state index >= 15 is 0 Å². The SMILES string of the molecule is COc1cccc2c1OCC(COC(C)=O)C2N(C)C(C)=O. The minimum atomic E-state index is -0.347. The molecule has 1 aliphatic rings. The van der Waals surface area contributed by atoms with Gasteiger partial charge in [0.05, 0.1) is 32.3 Å². The number of carbonyl (C=O) groups excluding carboxylic acids is 2. The molecule has 0 saturated heterocycles. The van der Waals surface area contributed by atoms with Crippen LogP contribution in [0.5, 0.6) is 11.5 Å². The molecular formula is C16H21NO5. The van der Waals surface area contributed by atoms with E-state index in [0.717, 1.165) is 5.56 Å². The van der Waals surface area contributed by atoms with Gasteiger partial charge in [0.2, 0.25) is 5.91 Å². The Hall–Kier alpha value is -2.24. The molecule has 0 N–H and O–H groups in total. The van der Waals surface area contributed by atoms with Crippen LogP contribution in [0, 0.1) is 5.92 Å². The lowest BCUT2D eigenvalue weighted by molar-refractivity contribution is -0.144. The van der Waals surface area contributed by atoms with E-state index in [-0.39, 0.29) is 30.4 Å². The Morgan fingerprint density at radius 1 is 1.36 bits per heavy atom. The Morgan fingerprint density at radius 2 is 2.09 bits per heavy atom. The molecule has 2 unspecified atom stereocenters. The van der Waals surface area contributed by atoms with Crippen molar-refractivity contribution < 1.29 is 23.8 Å². The van der Waals surface area contributed by atoms with Gasteiger partial charge >= 0.3 is 5.97 Å². The summed E-state index contributed by atoms with van der Waals surface area (Å²) in [7, 11) is 3.32. The molecule has 6 heteroatoms. The second-order valence-corrected chi connectivity index (χ2v) is 5.33. The van der Waals surface area contributed by atoms with Gasteiger partial charge in [-0.05, 0) is 6.07 Å². The average molecular weight is 307 g/mol. The van der Waals surface area contributed by atoms with Crippen LogP contribution in [0.25, 0.3) is 0 Å². The van der Waals surface area contributed by atoms with Crippen molar-refractivity contribution in [3.05, 3.63) is 23.8 Å². The van der Waals surface area contributed by atoms with Gasteiger partial charge in [-0.15, -0.1) is 0 Å². The van der Waals surface area contributed by atoms with E-state index in [0.29, 0.717) is 18.1 Å². The standard InChI is InChI=1S/C16H21NO5/c1-10(18)17(3)15-12(8-21-11(2)19)9-22-16-13(15)6-5-7-14(16)20-4/h5-7,12,15H,8-9H2,1-4H3. The summed E-state index contributed by atoms with van der Waals surface area (Å²) >= 11 is 0. The van der Waals surface area contributed by atoms with Crippen molar-refractivity contribution >= 4 is 11.9 Å². The predicted octanol–water partition coefficient (Wildman–Crippen LogP) is 1.79. The summed E-state index contributed by atoms with van der Waals surface area (Å²) < 4.78 is 16.2. The number of ether oxygens (including phenoxy) is 3. The molecule has 0 spiro atoms. The van der Waals surface area contributed by atoms with Gasteiger partial charge in [0.1, 0.15) is 0 Å². The Labute approximate surface area is 129 Å². The molecule has 0 aliphatic carbocycles. The van der Waals surface area contributed by atoms with Crippen LogP contribution in [0.2, 0.25) is 0 Å². The third kappa shape index (κ3) is 3.16. The van der Waals surface area contributed by atoms with Crippen LogP contribution < -0.4 is 9.47 Å². The molecular weight excluding hydrogens is 286 g/mol. The van der Waals surface area contributed by atoms with Crippen molar-refractivity contribution in [2.45, 2.75) is 19.9 Å². The third-order valence-electron chi connectivity index (χ3n) is 3.85. The summed E-state index contributed by atoms with van der Waals surface area (Å²) in [5, 5.41) is 0. The molecule has 0 radical (unpaired) electrons. The molecule has 2 rings (SSSR count). The fourth-order valence-electron chi connectivity index (χ4n) is 2.70. The first kappa shape index (κ1) is 16.1. The molecule has 1 heterocycles. The van der Waals surface area contributed by atoms with Gasteiger partial charge in [-0.1, -0.05) is 12.1 Å². The van der Waals surface area contributed by atoms with E-state index in [2.05, 4.69) is 0 Å². The quantitative estimate of drug-likeness (QED) is 0.793. The van der Waals surface area contributed by atoms with Crippen molar-refractivity contribution in [2.75, 3.05) is 27.4 Å². The fraction of sp³-hybridized carbons (Fsp3) is 0.500. The van der Waals surface area contributed by atoms with Crippen molar-refractivity contribution in [1.29, 1.82) is 0 Å². The first-order valence-electron chi connectivity index (χ1n) is 7.12. The topological polar surface area (TPSA) is 65.1 Å². The number of esters is 1. The van der Waals surface area contributed by atoms with Crippen molar-refractivity contribution in [3.8, 4) is 11.5 Å². The average Bonchev–Trinajstić information content (AvgIpc) is 2.50. The highest BCUT2D eigenvalue weighted by atomic mass is 16.5. The Balaban J connectivity index is 2.39. The van der Waals surface area contributed by atoms with Gasteiger partial charge in [-0.25, -0.2) is 0 Å². The monoisotopic (exact) mass is 307 g/mol. The molecule has 1 aromatic rings. The van der Waals surface area contributed by atoms with Gasteiger partial charge < -0.3 is 19.1 Å². The maximum absolute atomic E-state index is 11.8. The molecule has 22 heavy (non-hydrogen) atoms. The van der Waals surface area contributed by atoms with Crippen LogP contribution in [0.1, 0.15) is 25.5 Å². The number of benzene rings is 1. The number of nitrogens with zero attached hydrogens (tertiary/aromatic N) is 1. The molecule has 0 saturated carbocycles. The number of rotatable bonds is 4. The lowest BCUT2D eigenvalue weighted by Gasteiger charge is -2.38. The van der Waals surface area contributed by atoms with E-state index in [1.165, 1.54) is 13.8 Å². The molecule has 6 nitrogen and oxygen atoms in total. The summed E-state index contributed by atoms with van der Waals surface area (Å²) in [5.41, 5.74) is 0.862. The van der Waals surface area contributed by atoms with E-state index in [1.807, 2.05) is 18.2 Å². The smallest absolute Gasteiger partial charge is 0.302 e. The van der Waals surface area contributed by atoms with Gasteiger partial charge in [-0.2, -0.15) is 0 Å². The minimum absolute atomic E-state index is 0.0616. The van der Waals surface area contributed by atoms with E-state index in [4.69, 9.17) is 14.2 Å². The van der Waals surface area contributed by atoms with Crippen molar-refractivity contribution in [1.82, 2.24) is 4.90 Å². The third-order valence-corrected chi connectivity index (χ3v) is 3.85. The lowest BCUT2D eigenvalue weighted by Crippen LogP contribution is -2.41. The molecule has 1 aromatic carbocycles. The first-order chi connectivity index (χ1) is 10.5. The van der Waals surface area contributed by atoms with Crippen LogP contribution in [0.4, 0.5) is 0 Å². The van der Waals surface area contributed by atoms with Crippen LogP contribution in [-0.4, -0.2) is 44.1 Å².